The van der Waals surface area contributed by atoms with Gasteiger partial charge in [-0.25, -0.2) is 0 Å². The van der Waals surface area contributed by atoms with E-state index in [0.29, 0.717) is 25.9 Å². The lowest BCUT2D eigenvalue weighted by Gasteiger charge is -2.44. The van der Waals surface area contributed by atoms with Crippen molar-refractivity contribution in [2.45, 2.75) is 73.9 Å². The van der Waals surface area contributed by atoms with Crippen LogP contribution in [0.4, 0.5) is 0 Å². The second kappa shape index (κ2) is 23.1. The topological polar surface area (TPSA) is 43.7 Å². The summed E-state index contributed by atoms with van der Waals surface area (Å²) in [5.41, 5.74) is 10.9. The van der Waals surface area contributed by atoms with E-state index in [4.69, 9.17) is 0 Å². The maximum atomic E-state index is 11.9. The molecule has 10 aromatic rings. The number of nitrogens with zero attached hydrogens (tertiary/aromatic N) is 1. The van der Waals surface area contributed by atoms with Crippen LogP contribution in [-0.4, -0.2) is 28.3 Å². The van der Waals surface area contributed by atoms with Gasteiger partial charge in [0, 0.05) is 34.7 Å². The maximum Gasteiger partial charge on any atom is 0.0692 e. The fourth-order valence-electron chi connectivity index (χ4n) is 12.6. The number of aliphatic hydroxyl groups is 2. The minimum atomic E-state index is -0.665. The monoisotopic (exact) mass is 1010 g/mol. The fourth-order valence-corrected chi connectivity index (χ4v) is 12.6. The molecule has 0 bridgehead atoms. The van der Waals surface area contributed by atoms with E-state index in [1.54, 1.807) is 0 Å². The maximum absolute atomic E-state index is 11.9. The van der Waals surface area contributed by atoms with Crippen molar-refractivity contribution in [2.24, 2.45) is 0 Å². The van der Waals surface area contributed by atoms with Crippen molar-refractivity contribution in [1.29, 1.82) is 0 Å². The average molecular weight is 1010 g/mol. The lowest BCUT2D eigenvalue weighted by Crippen LogP contribution is -2.44. The first-order chi connectivity index (χ1) is 37.6. The summed E-state index contributed by atoms with van der Waals surface area (Å²) < 4.78 is 0. The number of hydrogen-bond acceptors (Lipinski definition) is 3. The van der Waals surface area contributed by atoms with E-state index in [1.807, 2.05) is 0 Å². The Bertz CT molecular complexity index is 2990. The Balaban J connectivity index is 1.08. The highest BCUT2D eigenvalue weighted by molar-refractivity contribution is 5.54. The van der Waals surface area contributed by atoms with Crippen molar-refractivity contribution in [1.82, 2.24) is 4.90 Å². The molecule has 2 N–H and O–H groups in total. The van der Waals surface area contributed by atoms with Gasteiger partial charge in [-0.15, -0.1) is 0 Å². The molecule has 10 aromatic carbocycles. The molecule has 2 atom stereocenters. The Morgan fingerprint density at radius 3 is 0.727 bits per heavy atom. The molecule has 0 saturated carbocycles. The molecular weight excluding hydrogens is 935 g/mol. The molecular formula is C74H71NO2. The molecule has 3 heteroatoms. The Morgan fingerprint density at radius 2 is 0.494 bits per heavy atom. The molecule has 77 heavy (non-hydrogen) atoms. The van der Waals surface area contributed by atoms with Gasteiger partial charge in [0.15, 0.2) is 0 Å². The second-order valence-electron chi connectivity index (χ2n) is 21.9. The summed E-state index contributed by atoms with van der Waals surface area (Å²) in [6, 6.07) is 105. The van der Waals surface area contributed by atoms with E-state index in [9.17, 15) is 10.2 Å². The summed E-state index contributed by atoms with van der Waals surface area (Å²) in [4.78, 5) is 2.62. The van der Waals surface area contributed by atoms with Crippen molar-refractivity contribution in [2.75, 3.05) is 13.2 Å². The minimum Gasteiger partial charge on any atom is -0.395 e. The molecule has 3 nitrogen and oxygen atoms in total. The number of rotatable bonds is 21. The van der Waals surface area contributed by atoms with Gasteiger partial charge in [0.1, 0.15) is 0 Å². The van der Waals surface area contributed by atoms with Gasteiger partial charge >= 0.3 is 0 Å². The highest BCUT2D eigenvalue weighted by Crippen LogP contribution is 2.51. The zero-order valence-corrected chi connectivity index (χ0v) is 44.8. The third-order valence-electron chi connectivity index (χ3n) is 16.9. The van der Waals surface area contributed by atoms with Gasteiger partial charge in [0.25, 0.3) is 0 Å². The minimum absolute atomic E-state index is 0.0450. The molecule has 0 aliphatic rings. The summed E-state index contributed by atoms with van der Waals surface area (Å²) in [6.45, 7) is 7.96. The molecule has 0 saturated heterocycles. The normalized spacial score (nSPS) is 13.6. The summed E-state index contributed by atoms with van der Waals surface area (Å²) in [5, 5.41) is 23.8. The largest absolute Gasteiger partial charge is 0.395 e. The molecule has 0 spiro atoms. The second-order valence-corrected chi connectivity index (χ2v) is 21.9. The van der Waals surface area contributed by atoms with Gasteiger partial charge < -0.3 is 10.2 Å². The Hall–Kier alpha value is -7.92. The third kappa shape index (κ3) is 10.5. The SMILES string of the molecule is CC(CO)(CC(c1ccccc1)(c1ccccc1)c1ccccc1)c1cccc(CN(Cc2cccc(C(C)(CO)CC(c3ccccc3)(c3ccccc3)c3ccccc3)c2)C(C)(c2ccccc2)c2ccccc2)c1. The molecule has 0 aliphatic heterocycles. The van der Waals surface area contributed by atoms with Gasteiger partial charge in [0.05, 0.1) is 18.8 Å². The van der Waals surface area contributed by atoms with Gasteiger partial charge in [-0.05, 0) is 86.5 Å². The Labute approximate surface area is 457 Å². The van der Waals surface area contributed by atoms with Crippen LogP contribution in [0.25, 0.3) is 0 Å². The van der Waals surface area contributed by atoms with E-state index in [1.165, 1.54) is 44.5 Å². The highest BCUT2D eigenvalue weighted by Gasteiger charge is 2.46. The number of aliphatic hydroxyl groups excluding tert-OH is 2. The molecule has 0 aromatic heterocycles. The molecule has 0 amide bonds. The van der Waals surface area contributed by atoms with Crippen LogP contribution < -0.4 is 0 Å². The van der Waals surface area contributed by atoms with Gasteiger partial charge in [-0.2, -0.15) is 0 Å². The molecule has 0 fully saturated rings. The summed E-state index contributed by atoms with van der Waals surface area (Å²) in [6.07, 6.45) is 1.26. The third-order valence-corrected chi connectivity index (χ3v) is 16.9. The van der Waals surface area contributed by atoms with Crippen molar-refractivity contribution in [3.05, 3.63) is 358 Å². The Morgan fingerprint density at radius 1 is 0.273 bits per heavy atom. The summed E-state index contributed by atoms with van der Waals surface area (Å²) in [5.74, 6) is 0. The first kappa shape index (κ1) is 52.5. The van der Waals surface area contributed by atoms with Crippen LogP contribution in [0.5, 0.6) is 0 Å². The van der Waals surface area contributed by atoms with Crippen molar-refractivity contribution in [3.8, 4) is 0 Å². The van der Waals surface area contributed by atoms with Crippen LogP contribution in [-0.2, 0) is 40.3 Å². The standard InChI is InChI=1S/C74H71NO2/c1-70(56-76,54-73(62-36-16-6-17-37-62,63-38-18-7-19-39-63)64-40-20-8-21-41-64)68-48-28-30-58(50-68)52-75(72(3,60-32-12-4-13-33-60)61-34-14-5-15-35-61)53-59-31-29-49-69(51-59)71(2,57-77)55-74(65-42-22-9-23-43-65,66-44-24-10-25-45-66)67-46-26-11-27-47-67/h4-51,76-77H,52-57H2,1-3H3. The lowest BCUT2D eigenvalue weighted by atomic mass is 9.60. The molecule has 2 unspecified atom stereocenters. The molecule has 0 aliphatic carbocycles. The first-order valence-corrected chi connectivity index (χ1v) is 27.2. The fraction of sp³-hybridized carbons (Fsp3) is 0.189. The molecule has 0 heterocycles. The van der Waals surface area contributed by atoms with Crippen molar-refractivity contribution in [3.63, 3.8) is 0 Å². The predicted molar refractivity (Wildman–Crippen MR) is 318 cm³/mol. The van der Waals surface area contributed by atoms with E-state index in [2.05, 4.69) is 317 Å². The van der Waals surface area contributed by atoms with Crippen LogP contribution in [0.2, 0.25) is 0 Å². The van der Waals surface area contributed by atoms with Gasteiger partial charge in [-0.1, -0.05) is 305 Å². The molecule has 0 radical (unpaired) electrons. The first-order valence-electron chi connectivity index (χ1n) is 27.2. The predicted octanol–water partition coefficient (Wildman–Crippen LogP) is 16.0. The zero-order valence-electron chi connectivity index (χ0n) is 44.8. The van der Waals surface area contributed by atoms with Crippen LogP contribution >= 0.6 is 0 Å². The highest BCUT2D eigenvalue weighted by atomic mass is 16.3. The quantitative estimate of drug-likeness (QED) is 0.0705. The average Bonchev–Trinajstić information content (AvgIpc) is 3.52. The van der Waals surface area contributed by atoms with Crippen molar-refractivity contribution >= 4 is 0 Å². The van der Waals surface area contributed by atoms with Gasteiger partial charge in [0.2, 0.25) is 0 Å². The van der Waals surface area contributed by atoms with Crippen LogP contribution in [0.15, 0.2) is 291 Å². The molecule has 10 rings (SSSR count). The smallest absolute Gasteiger partial charge is 0.0692 e. The van der Waals surface area contributed by atoms with Crippen LogP contribution in [0, 0.1) is 0 Å². The van der Waals surface area contributed by atoms with E-state index < -0.39 is 27.2 Å². The van der Waals surface area contributed by atoms with E-state index in [0.717, 1.165) is 22.3 Å². The molecule has 384 valence electrons. The number of benzene rings is 10. The Kier molecular flexibility index (Phi) is 15.8. The van der Waals surface area contributed by atoms with Crippen LogP contribution in [0.1, 0.15) is 100 Å². The summed E-state index contributed by atoms with van der Waals surface area (Å²) in [7, 11) is 0. The zero-order chi connectivity index (χ0) is 53.2. The lowest BCUT2D eigenvalue weighted by molar-refractivity contribution is 0.119. The van der Waals surface area contributed by atoms with E-state index in [-0.39, 0.29) is 13.2 Å². The van der Waals surface area contributed by atoms with E-state index >= 15 is 0 Å². The van der Waals surface area contributed by atoms with Crippen LogP contribution in [0.3, 0.4) is 0 Å². The van der Waals surface area contributed by atoms with Crippen molar-refractivity contribution < 1.29 is 10.2 Å². The summed E-state index contributed by atoms with van der Waals surface area (Å²) >= 11 is 0. The van der Waals surface area contributed by atoms with Gasteiger partial charge in [-0.3, -0.25) is 4.90 Å². The number of hydrogen-bond donors (Lipinski definition) is 2.